The summed E-state index contributed by atoms with van der Waals surface area (Å²) in [6.45, 7) is 0.355. The van der Waals surface area contributed by atoms with E-state index in [0.717, 1.165) is 5.56 Å². The average Bonchev–Trinajstić information content (AvgIpc) is 2.83. The summed E-state index contributed by atoms with van der Waals surface area (Å²) >= 11 is 5.79. The van der Waals surface area contributed by atoms with Crippen molar-refractivity contribution in [3.63, 3.8) is 0 Å². The quantitative estimate of drug-likeness (QED) is 0.698. The Morgan fingerprint density at radius 2 is 2.14 bits per heavy atom. The van der Waals surface area contributed by atoms with E-state index in [1.54, 1.807) is 12.1 Å². The van der Waals surface area contributed by atoms with Crippen LogP contribution in [-0.2, 0) is 17.7 Å². The van der Waals surface area contributed by atoms with Crippen molar-refractivity contribution < 1.29 is 18.9 Å². The van der Waals surface area contributed by atoms with Gasteiger partial charge in [0.05, 0.1) is 12.2 Å². The van der Waals surface area contributed by atoms with Crippen molar-refractivity contribution in [3.05, 3.63) is 63.9 Å². The third kappa shape index (κ3) is 2.86. The molecule has 0 aliphatic carbocycles. The van der Waals surface area contributed by atoms with Crippen LogP contribution in [0.15, 0.2) is 36.4 Å². The Balaban J connectivity index is 1.85. The van der Waals surface area contributed by atoms with E-state index >= 15 is 0 Å². The molecular weight excluding hydrogens is 293 g/mol. The number of hydrogen-bond donors (Lipinski definition) is 1. The van der Waals surface area contributed by atoms with Gasteiger partial charge >= 0.3 is 7.12 Å². The maximum atomic E-state index is 13.7. The second-order valence-corrected chi connectivity index (χ2v) is 5.36. The fourth-order valence-corrected chi connectivity index (χ4v) is 2.54. The van der Waals surface area contributed by atoms with Gasteiger partial charge in [0, 0.05) is 11.4 Å². The van der Waals surface area contributed by atoms with Gasteiger partial charge in [0.25, 0.3) is 0 Å². The minimum Gasteiger partial charge on any atom is -0.423 e. The van der Waals surface area contributed by atoms with E-state index in [2.05, 4.69) is 0 Å². The molecule has 0 unspecified atom stereocenters. The highest BCUT2D eigenvalue weighted by molar-refractivity contribution is 6.61. The van der Waals surface area contributed by atoms with Crippen molar-refractivity contribution >= 4 is 30.0 Å². The second-order valence-electron chi connectivity index (χ2n) is 4.92. The van der Waals surface area contributed by atoms with Crippen LogP contribution >= 0.6 is 11.6 Å². The lowest BCUT2D eigenvalue weighted by molar-refractivity contribution is 0.0989. The highest BCUT2D eigenvalue weighted by Crippen LogP contribution is 2.18. The fraction of sp³-hybridized carbons (Fsp3) is 0.133. The molecule has 3 nitrogen and oxygen atoms in total. The Hall–Kier alpha value is -1.69. The topological polar surface area (TPSA) is 46.5 Å². The predicted molar refractivity (Wildman–Crippen MR) is 78.3 cm³/mol. The predicted octanol–water partition coefficient (Wildman–Crippen LogP) is 2.12. The molecule has 0 aromatic heterocycles. The van der Waals surface area contributed by atoms with Gasteiger partial charge in [-0.05, 0) is 34.8 Å². The number of carbonyl (C=O) groups is 1. The smallest absolute Gasteiger partial charge is 0.423 e. The zero-order chi connectivity index (χ0) is 15.0. The van der Waals surface area contributed by atoms with Gasteiger partial charge in [-0.15, -0.1) is 0 Å². The van der Waals surface area contributed by atoms with E-state index < -0.39 is 12.9 Å². The first kappa shape index (κ1) is 14.3. The fourth-order valence-electron chi connectivity index (χ4n) is 2.37. The van der Waals surface area contributed by atoms with E-state index in [1.807, 2.05) is 6.07 Å². The summed E-state index contributed by atoms with van der Waals surface area (Å²) in [7, 11) is -0.960. The molecule has 0 fully saturated rings. The third-order valence-corrected chi connectivity index (χ3v) is 3.70. The summed E-state index contributed by atoms with van der Waals surface area (Å²) in [5.41, 5.74) is 2.22. The molecule has 2 aromatic rings. The molecule has 0 saturated heterocycles. The maximum Gasteiger partial charge on any atom is 0.491 e. The standard InChI is InChI=1S/C15H11BClFO3/c17-11-3-4-14(18)12(7-11)15(19)6-9-1-2-10-8-21-16(20)13(10)5-9/h1-5,7,20H,6,8H2. The van der Waals surface area contributed by atoms with Crippen LogP contribution in [-0.4, -0.2) is 17.9 Å². The summed E-state index contributed by atoms with van der Waals surface area (Å²) in [4.78, 5) is 12.2. The average molecular weight is 305 g/mol. The van der Waals surface area contributed by atoms with E-state index in [0.29, 0.717) is 22.7 Å². The molecule has 0 atom stereocenters. The van der Waals surface area contributed by atoms with Gasteiger partial charge in [-0.1, -0.05) is 29.8 Å². The molecule has 1 aliphatic rings. The monoisotopic (exact) mass is 304 g/mol. The molecule has 3 rings (SSSR count). The van der Waals surface area contributed by atoms with Gasteiger partial charge in [0.15, 0.2) is 5.78 Å². The van der Waals surface area contributed by atoms with Crippen molar-refractivity contribution in [2.45, 2.75) is 13.0 Å². The molecule has 2 aromatic carbocycles. The van der Waals surface area contributed by atoms with E-state index in [9.17, 15) is 14.2 Å². The molecule has 0 spiro atoms. The van der Waals surface area contributed by atoms with Crippen LogP contribution in [0, 0.1) is 5.82 Å². The number of ketones is 1. The van der Waals surface area contributed by atoms with Crippen molar-refractivity contribution in [1.29, 1.82) is 0 Å². The molecule has 0 radical (unpaired) electrons. The molecule has 1 N–H and O–H groups in total. The maximum absolute atomic E-state index is 13.7. The van der Waals surface area contributed by atoms with Gasteiger partial charge in [0.1, 0.15) is 5.82 Å². The Labute approximate surface area is 126 Å². The molecular formula is C15H11BClFO3. The van der Waals surface area contributed by atoms with E-state index in [4.69, 9.17) is 16.3 Å². The second kappa shape index (κ2) is 5.60. The molecule has 0 saturated carbocycles. The van der Waals surface area contributed by atoms with Gasteiger partial charge in [-0.3, -0.25) is 4.79 Å². The SMILES string of the molecule is O=C(Cc1ccc2c(c1)B(O)OC2)c1cc(Cl)ccc1F. The van der Waals surface area contributed by atoms with Gasteiger partial charge in [-0.2, -0.15) is 0 Å². The van der Waals surface area contributed by atoms with Crippen LogP contribution in [0.4, 0.5) is 4.39 Å². The first-order valence-corrected chi connectivity index (χ1v) is 6.82. The van der Waals surface area contributed by atoms with Crippen LogP contribution in [0.25, 0.3) is 0 Å². The van der Waals surface area contributed by atoms with Crippen LogP contribution in [0.5, 0.6) is 0 Å². The Morgan fingerprint density at radius 3 is 2.95 bits per heavy atom. The zero-order valence-electron chi connectivity index (χ0n) is 11.0. The molecule has 0 amide bonds. The van der Waals surface area contributed by atoms with Crippen LogP contribution in [0.2, 0.25) is 5.02 Å². The van der Waals surface area contributed by atoms with E-state index in [-0.39, 0.29) is 17.8 Å². The number of benzene rings is 2. The summed E-state index contributed by atoms with van der Waals surface area (Å²) < 4.78 is 18.8. The zero-order valence-corrected chi connectivity index (χ0v) is 11.7. The summed E-state index contributed by atoms with van der Waals surface area (Å²) in [6, 6.07) is 9.20. The van der Waals surface area contributed by atoms with Crippen molar-refractivity contribution in [2.75, 3.05) is 0 Å². The number of carbonyl (C=O) groups excluding carboxylic acids is 1. The van der Waals surface area contributed by atoms with Gasteiger partial charge < -0.3 is 9.68 Å². The highest BCUT2D eigenvalue weighted by atomic mass is 35.5. The third-order valence-electron chi connectivity index (χ3n) is 3.47. The van der Waals surface area contributed by atoms with Crippen LogP contribution < -0.4 is 5.46 Å². The minimum atomic E-state index is -0.960. The highest BCUT2D eigenvalue weighted by Gasteiger charge is 2.27. The van der Waals surface area contributed by atoms with E-state index in [1.165, 1.54) is 18.2 Å². The Kier molecular flexibility index (Phi) is 3.80. The molecule has 0 bridgehead atoms. The van der Waals surface area contributed by atoms with Gasteiger partial charge in [0.2, 0.25) is 0 Å². The van der Waals surface area contributed by atoms with Crippen LogP contribution in [0.3, 0.4) is 0 Å². The van der Waals surface area contributed by atoms with Crippen LogP contribution in [0.1, 0.15) is 21.5 Å². The molecule has 21 heavy (non-hydrogen) atoms. The molecule has 1 heterocycles. The van der Waals surface area contributed by atoms with Crippen molar-refractivity contribution in [2.24, 2.45) is 0 Å². The number of rotatable bonds is 3. The molecule has 1 aliphatic heterocycles. The first-order chi connectivity index (χ1) is 10.0. The number of fused-ring (bicyclic) bond motifs is 1. The van der Waals surface area contributed by atoms with Crippen molar-refractivity contribution in [3.8, 4) is 0 Å². The molecule has 6 heteroatoms. The number of halogens is 2. The normalized spacial score (nSPS) is 13.4. The Morgan fingerprint density at radius 1 is 1.33 bits per heavy atom. The van der Waals surface area contributed by atoms with Crippen molar-refractivity contribution in [1.82, 2.24) is 0 Å². The Bertz CT molecular complexity index is 720. The largest absolute Gasteiger partial charge is 0.491 e. The number of hydrogen-bond acceptors (Lipinski definition) is 3. The first-order valence-electron chi connectivity index (χ1n) is 6.44. The lowest BCUT2D eigenvalue weighted by Gasteiger charge is -2.06. The van der Waals surface area contributed by atoms with Gasteiger partial charge in [-0.25, -0.2) is 4.39 Å². The number of Topliss-reactive ketones (excluding diaryl/α,β-unsaturated/α-hetero) is 1. The summed E-state index contributed by atoms with van der Waals surface area (Å²) in [5.74, 6) is -0.947. The molecule has 106 valence electrons. The minimum absolute atomic E-state index is 0.0280. The summed E-state index contributed by atoms with van der Waals surface area (Å²) in [5, 5.41) is 9.97. The lowest BCUT2D eigenvalue weighted by Crippen LogP contribution is -2.28. The summed E-state index contributed by atoms with van der Waals surface area (Å²) in [6.07, 6.45) is 0.0390. The lowest BCUT2D eigenvalue weighted by atomic mass is 9.78.